The zero-order valence-electron chi connectivity index (χ0n) is 10.9. The molecule has 0 radical (unpaired) electrons. The number of nitrogens with two attached hydrogens (primary N) is 2. The van der Waals surface area contributed by atoms with Gasteiger partial charge in [0, 0.05) is 0 Å². The first-order valence-electron chi connectivity index (χ1n) is 6.13. The summed E-state index contributed by atoms with van der Waals surface area (Å²) >= 11 is 0. The number of pyridine rings is 1. The molecule has 0 unspecified atom stereocenters. The average Bonchev–Trinajstić information content (AvgIpc) is 2.47. The second-order valence-corrected chi connectivity index (χ2v) is 4.16. The minimum Gasteiger partial charge on any atom is -0.384 e. The molecule has 0 bridgehead atoms. The highest BCUT2D eigenvalue weighted by atomic mass is 16.1. The molecule has 2 aromatic rings. The first-order chi connectivity index (χ1) is 9.69. The average molecular weight is 269 g/mol. The van der Waals surface area contributed by atoms with E-state index in [9.17, 15) is 4.79 Å². The Kier molecular flexibility index (Phi) is 4.52. The van der Waals surface area contributed by atoms with E-state index in [-0.39, 0.29) is 18.7 Å². The Labute approximate surface area is 116 Å². The van der Waals surface area contributed by atoms with Crippen molar-refractivity contribution in [2.45, 2.75) is 6.42 Å². The highest BCUT2D eigenvalue weighted by Gasteiger charge is 2.09. The summed E-state index contributed by atoms with van der Waals surface area (Å²) in [6.07, 6.45) is 0.102. The molecule has 0 fully saturated rings. The Hall–Kier alpha value is -2.60. The van der Waals surface area contributed by atoms with Crippen molar-refractivity contribution in [1.29, 1.82) is 0 Å². The van der Waals surface area contributed by atoms with E-state index in [1.165, 1.54) is 0 Å². The van der Waals surface area contributed by atoms with Crippen molar-refractivity contribution in [1.82, 2.24) is 4.98 Å². The lowest BCUT2D eigenvalue weighted by atomic mass is 10.2. The number of carbonyl (C=O) groups excluding carboxylic acids is 1. The number of hydrogen-bond donors (Lipinski definition) is 2. The molecule has 102 valence electrons. The number of azo groups is 1. The van der Waals surface area contributed by atoms with E-state index in [1.54, 1.807) is 12.1 Å². The SMILES string of the molecule is NCC(=O)Cc1nc(N)ccc1N=Nc1ccccc1. The molecule has 1 aromatic carbocycles. The summed E-state index contributed by atoms with van der Waals surface area (Å²) in [7, 11) is 0. The van der Waals surface area contributed by atoms with Crippen LogP contribution in [-0.2, 0) is 11.2 Å². The predicted octanol–water partition coefficient (Wildman–Crippen LogP) is 2.15. The maximum absolute atomic E-state index is 11.4. The zero-order chi connectivity index (χ0) is 14.4. The summed E-state index contributed by atoms with van der Waals surface area (Å²) < 4.78 is 0. The number of nitrogens with zero attached hydrogens (tertiary/aromatic N) is 3. The van der Waals surface area contributed by atoms with Gasteiger partial charge in [0.25, 0.3) is 0 Å². The van der Waals surface area contributed by atoms with Gasteiger partial charge in [-0.15, -0.1) is 5.11 Å². The molecule has 1 aromatic heterocycles. The molecule has 2 rings (SSSR count). The lowest BCUT2D eigenvalue weighted by molar-refractivity contribution is -0.117. The van der Waals surface area contributed by atoms with E-state index in [2.05, 4.69) is 15.2 Å². The van der Waals surface area contributed by atoms with E-state index in [0.29, 0.717) is 17.2 Å². The molecule has 0 aliphatic heterocycles. The van der Waals surface area contributed by atoms with E-state index in [1.807, 2.05) is 30.3 Å². The Bertz CT molecular complexity index is 625. The van der Waals surface area contributed by atoms with Crippen LogP contribution in [0.15, 0.2) is 52.7 Å². The van der Waals surface area contributed by atoms with Gasteiger partial charge in [-0.3, -0.25) is 4.79 Å². The number of nitrogen functional groups attached to an aromatic ring is 1. The molecule has 0 spiro atoms. The normalized spacial score (nSPS) is 10.8. The lowest BCUT2D eigenvalue weighted by Crippen LogP contribution is -2.16. The minimum atomic E-state index is -0.126. The van der Waals surface area contributed by atoms with Crippen LogP contribution < -0.4 is 11.5 Å². The van der Waals surface area contributed by atoms with Gasteiger partial charge in [-0.2, -0.15) is 5.11 Å². The first kappa shape index (κ1) is 13.8. The van der Waals surface area contributed by atoms with Crippen molar-refractivity contribution < 1.29 is 4.79 Å². The molecular formula is C14H15N5O. The summed E-state index contributed by atoms with van der Waals surface area (Å²) in [6.45, 7) is -0.0360. The van der Waals surface area contributed by atoms with Crippen molar-refractivity contribution in [3.63, 3.8) is 0 Å². The molecule has 0 aliphatic carbocycles. The van der Waals surface area contributed by atoms with Crippen LogP contribution in [0.4, 0.5) is 17.2 Å². The topological polar surface area (TPSA) is 107 Å². The molecule has 6 nitrogen and oxygen atoms in total. The van der Waals surface area contributed by atoms with E-state index < -0.39 is 0 Å². The van der Waals surface area contributed by atoms with Gasteiger partial charge in [-0.1, -0.05) is 18.2 Å². The van der Waals surface area contributed by atoms with Crippen LogP contribution in [0.5, 0.6) is 0 Å². The fraction of sp³-hybridized carbons (Fsp3) is 0.143. The van der Waals surface area contributed by atoms with Crippen molar-refractivity contribution in [3.05, 3.63) is 48.2 Å². The van der Waals surface area contributed by atoms with Gasteiger partial charge >= 0.3 is 0 Å². The number of hydrogen-bond acceptors (Lipinski definition) is 6. The van der Waals surface area contributed by atoms with E-state index in [4.69, 9.17) is 11.5 Å². The molecule has 0 atom stereocenters. The maximum atomic E-state index is 11.4. The van der Waals surface area contributed by atoms with Gasteiger partial charge in [0.2, 0.25) is 0 Å². The third-order valence-electron chi connectivity index (χ3n) is 2.59. The molecule has 4 N–H and O–H groups in total. The summed E-state index contributed by atoms with van der Waals surface area (Å²) in [6, 6.07) is 12.6. The molecule has 0 saturated heterocycles. The van der Waals surface area contributed by atoms with Crippen LogP contribution in [0.25, 0.3) is 0 Å². The third-order valence-corrected chi connectivity index (χ3v) is 2.59. The fourth-order valence-electron chi connectivity index (χ4n) is 1.60. The smallest absolute Gasteiger partial charge is 0.152 e. The highest BCUT2D eigenvalue weighted by Crippen LogP contribution is 2.22. The zero-order valence-corrected chi connectivity index (χ0v) is 10.9. The summed E-state index contributed by atoms with van der Waals surface area (Å²) in [5, 5.41) is 8.22. The second-order valence-electron chi connectivity index (χ2n) is 4.16. The molecule has 0 amide bonds. The van der Waals surface area contributed by atoms with Gasteiger partial charge in [0.05, 0.1) is 24.3 Å². The first-order valence-corrected chi connectivity index (χ1v) is 6.13. The number of benzene rings is 1. The lowest BCUT2D eigenvalue weighted by Gasteiger charge is -2.03. The Morgan fingerprint density at radius 3 is 2.55 bits per heavy atom. The molecule has 0 aliphatic rings. The Morgan fingerprint density at radius 1 is 1.10 bits per heavy atom. The van der Waals surface area contributed by atoms with Crippen LogP contribution in [0.1, 0.15) is 5.69 Å². The van der Waals surface area contributed by atoms with Gasteiger partial charge in [0.15, 0.2) is 5.78 Å². The Morgan fingerprint density at radius 2 is 1.85 bits per heavy atom. The van der Waals surface area contributed by atoms with Crippen molar-refractivity contribution >= 4 is 23.0 Å². The summed E-state index contributed by atoms with van der Waals surface area (Å²) in [5.74, 6) is 0.211. The van der Waals surface area contributed by atoms with Crippen LogP contribution in [0.2, 0.25) is 0 Å². The monoisotopic (exact) mass is 269 g/mol. The molecular weight excluding hydrogens is 254 g/mol. The van der Waals surface area contributed by atoms with Crippen LogP contribution in [-0.4, -0.2) is 17.3 Å². The van der Waals surface area contributed by atoms with Crippen LogP contribution >= 0.6 is 0 Å². The van der Waals surface area contributed by atoms with Crippen LogP contribution in [0.3, 0.4) is 0 Å². The summed E-state index contributed by atoms with van der Waals surface area (Å²) in [5.41, 5.74) is 12.7. The minimum absolute atomic E-state index is 0.0360. The number of aromatic nitrogens is 1. The second kappa shape index (κ2) is 6.53. The van der Waals surface area contributed by atoms with Crippen molar-refractivity contribution in [2.75, 3.05) is 12.3 Å². The number of Topliss-reactive ketones (excluding diaryl/α,β-unsaturated/α-hetero) is 1. The molecule has 0 saturated carbocycles. The van der Waals surface area contributed by atoms with Crippen LogP contribution in [0, 0.1) is 0 Å². The number of anilines is 1. The van der Waals surface area contributed by atoms with E-state index >= 15 is 0 Å². The number of rotatable bonds is 5. The van der Waals surface area contributed by atoms with Gasteiger partial charge in [-0.05, 0) is 24.3 Å². The standard InChI is InChI=1S/C14H15N5O/c15-9-11(20)8-13-12(6-7-14(16)17-13)19-18-10-4-2-1-3-5-10/h1-7H,8-9,15H2,(H2,16,17). The molecule has 1 heterocycles. The van der Waals surface area contributed by atoms with Gasteiger partial charge in [-0.25, -0.2) is 4.98 Å². The number of ketones is 1. The van der Waals surface area contributed by atoms with Crippen molar-refractivity contribution in [2.24, 2.45) is 16.0 Å². The molecule has 6 heteroatoms. The number of carbonyl (C=O) groups is 1. The predicted molar refractivity (Wildman–Crippen MR) is 77.0 cm³/mol. The summed E-state index contributed by atoms with van der Waals surface area (Å²) in [4.78, 5) is 15.6. The molecule has 20 heavy (non-hydrogen) atoms. The largest absolute Gasteiger partial charge is 0.384 e. The highest BCUT2D eigenvalue weighted by molar-refractivity contribution is 5.83. The fourth-order valence-corrected chi connectivity index (χ4v) is 1.60. The van der Waals surface area contributed by atoms with E-state index in [0.717, 1.165) is 5.69 Å². The van der Waals surface area contributed by atoms with Gasteiger partial charge in [0.1, 0.15) is 11.5 Å². The van der Waals surface area contributed by atoms with Gasteiger partial charge < -0.3 is 11.5 Å². The quantitative estimate of drug-likeness (QED) is 0.811. The third kappa shape index (κ3) is 3.69. The van der Waals surface area contributed by atoms with Crippen molar-refractivity contribution in [3.8, 4) is 0 Å². The maximum Gasteiger partial charge on any atom is 0.152 e. The Balaban J connectivity index is 2.27.